The smallest absolute Gasteiger partial charge is 0.240 e. The van der Waals surface area contributed by atoms with Crippen molar-refractivity contribution in [1.29, 1.82) is 0 Å². The SMILES string of the molecule is NC(=O)[C@H](Cc1cnc[nH]1)NC(=O)CCCc1ccccc1. The van der Waals surface area contributed by atoms with E-state index in [-0.39, 0.29) is 5.91 Å². The molecule has 0 saturated carbocycles. The second-order valence-corrected chi connectivity index (χ2v) is 5.14. The first-order valence-electron chi connectivity index (χ1n) is 7.25. The summed E-state index contributed by atoms with van der Waals surface area (Å²) in [6.45, 7) is 0. The predicted molar refractivity (Wildman–Crippen MR) is 82.8 cm³/mol. The van der Waals surface area contributed by atoms with E-state index < -0.39 is 11.9 Å². The summed E-state index contributed by atoms with van der Waals surface area (Å²) >= 11 is 0. The number of hydrogen-bond acceptors (Lipinski definition) is 3. The monoisotopic (exact) mass is 300 g/mol. The van der Waals surface area contributed by atoms with Crippen LogP contribution in [0.3, 0.4) is 0 Å². The summed E-state index contributed by atoms with van der Waals surface area (Å²) in [6.07, 6.45) is 5.37. The Morgan fingerprint density at radius 1 is 1.27 bits per heavy atom. The highest BCUT2D eigenvalue weighted by Crippen LogP contribution is 2.05. The fraction of sp³-hybridized carbons (Fsp3) is 0.312. The highest BCUT2D eigenvalue weighted by Gasteiger charge is 2.18. The molecule has 2 aromatic rings. The van der Waals surface area contributed by atoms with Gasteiger partial charge in [-0.25, -0.2) is 4.98 Å². The normalized spacial score (nSPS) is 11.8. The van der Waals surface area contributed by atoms with Crippen molar-refractivity contribution < 1.29 is 9.59 Å². The number of amides is 2. The van der Waals surface area contributed by atoms with Crippen LogP contribution in [0.5, 0.6) is 0 Å². The Kier molecular flexibility index (Phi) is 5.71. The minimum atomic E-state index is -0.718. The average Bonchev–Trinajstić information content (AvgIpc) is 3.00. The molecule has 22 heavy (non-hydrogen) atoms. The van der Waals surface area contributed by atoms with Crippen molar-refractivity contribution in [3.63, 3.8) is 0 Å². The molecule has 0 aliphatic heterocycles. The number of nitrogens with one attached hydrogen (secondary N) is 2. The standard InChI is InChI=1S/C16H20N4O2/c17-16(22)14(9-13-10-18-11-19-13)20-15(21)8-4-7-12-5-2-1-3-6-12/h1-3,5-6,10-11,14H,4,7-9H2,(H2,17,22)(H,18,19)(H,20,21)/t14-/m0/s1. The molecule has 0 radical (unpaired) electrons. The lowest BCUT2D eigenvalue weighted by atomic mass is 10.1. The Morgan fingerprint density at radius 2 is 2.05 bits per heavy atom. The molecular weight excluding hydrogens is 280 g/mol. The van der Waals surface area contributed by atoms with Crippen LogP contribution in [0.2, 0.25) is 0 Å². The van der Waals surface area contributed by atoms with E-state index in [1.54, 1.807) is 6.20 Å². The highest BCUT2D eigenvalue weighted by molar-refractivity contribution is 5.86. The fourth-order valence-electron chi connectivity index (χ4n) is 2.20. The number of carbonyl (C=O) groups excluding carboxylic acids is 2. The van der Waals surface area contributed by atoms with Crippen molar-refractivity contribution in [1.82, 2.24) is 15.3 Å². The third kappa shape index (κ3) is 5.05. The van der Waals surface area contributed by atoms with E-state index in [4.69, 9.17) is 5.73 Å². The van der Waals surface area contributed by atoms with Crippen molar-refractivity contribution in [2.45, 2.75) is 31.7 Å². The average molecular weight is 300 g/mol. The molecule has 1 heterocycles. The van der Waals surface area contributed by atoms with E-state index in [2.05, 4.69) is 15.3 Å². The highest BCUT2D eigenvalue weighted by atomic mass is 16.2. The third-order valence-electron chi connectivity index (χ3n) is 3.37. The minimum absolute atomic E-state index is 0.167. The molecule has 0 saturated heterocycles. The summed E-state index contributed by atoms with van der Waals surface area (Å²) in [4.78, 5) is 30.1. The topological polar surface area (TPSA) is 101 Å². The number of aromatic amines is 1. The summed E-state index contributed by atoms with van der Waals surface area (Å²) in [5.41, 5.74) is 7.28. The summed E-state index contributed by atoms with van der Waals surface area (Å²) < 4.78 is 0. The predicted octanol–water partition coefficient (Wildman–Crippen LogP) is 0.945. The molecule has 6 heteroatoms. The number of primary amides is 1. The van der Waals surface area contributed by atoms with Gasteiger partial charge >= 0.3 is 0 Å². The molecule has 2 amide bonds. The van der Waals surface area contributed by atoms with Crippen molar-refractivity contribution in [2.75, 3.05) is 0 Å². The Bertz CT molecular complexity index is 596. The van der Waals surface area contributed by atoms with Crippen LogP contribution in [0.4, 0.5) is 0 Å². The van der Waals surface area contributed by atoms with Crippen molar-refractivity contribution >= 4 is 11.8 Å². The summed E-state index contributed by atoms with van der Waals surface area (Å²) in [5, 5.41) is 2.68. The van der Waals surface area contributed by atoms with Crippen LogP contribution in [0.15, 0.2) is 42.9 Å². The van der Waals surface area contributed by atoms with Gasteiger partial charge < -0.3 is 16.0 Å². The largest absolute Gasteiger partial charge is 0.368 e. The maximum atomic E-state index is 11.9. The van der Waals surface area contributed by atoms with Gasteiger partial charge in [-0.3, -0.25) is 9.59 Å². The zero-order valence-corrected chi connectivity index (χ0v) is 12.3. The van der Waals surface area contributed by atoms with Crippen LogP contribution < -0.4 is 11.1 Å². The zero-order valence-electron chi connectivity index (χ0n) is 12.3. The van der Waals surface area contributed by atoms with Crippen LogP contribution in [0.1, 0.15) is 24.1 Å². The number of carbonyl (C=O) groups is 2. The van der Waals surface area contributed by atoms with Gasteiger partial charge in [0.05, 0.1) is 6.33 Å². The van der Waals surface area contributed by atoms with Crippen LogP contribution in [-0.2, 0) is 22.4 Å². The van der Waals surface area contributed by atoms with Crippen molar-refractivity contribution in [2.24, 2.45) is 5.73 Å². The van der Waals surface area contributed by atoms with Gasteiger partial charge in [-0.2, -0.15) is 0 Å². The molecule has 0 spiro atoms. The van der Waals surface area contributed by atoms with Gasteiger partial charge in [0.1, 0.15) is 6.04 Å². The molecule has 1 atom stereocenters. The van der Waals surface area contributed by atoms with Crippen LogP contribution in [-0.4, -0.2) is 27.8 Å². The van der Waals surface area contributed by atoms with Gasteiger partial charge in [0.15, 0.2) is 0 Å². The first-order valence-corrected chi connectivity index (χ1v) is 7.25. The molecule has 6 nitrogen and oxygen atoms in total. The Labute approximate surface area is 129 Å². The Hall–Kier alpha value is -2.63. The Morgan fingerprint density at radius 3 is 2.68 bits per heavy atom. The van der Waals surface area contributed by atoms with E-state index in [1.807, 2.05) is 30.3 Å². The molecule has 1 aromatic carbocycles. The number of H-pyrrole nitrogens is 1. The maximum absolute atomic E-state index is 11.9. The number of aryl methyl sites for hydroxylation is 1. The van der Waals surface area contributed by atoms with Gasteiger partial charge in [-0.1, -0.05) is 30.3 Å². The summed E-state index contributed by atoms with van der Waals surface area (Å²) in [6, 6.07) is 9.25. The number of aromatic nitrogens is 2. The molecule has 116 valence electrons. The molecule has 1 aromatic heterocycles. The Balaban J connectivity index is 1.77. The second kappa shape index (κ2) is 7.97. The molecular formula is C16H20N4O2. The lowest BCUT2D eigenvalue weighted by molar-refractivity contribution is -0.127. The van der Waals surface area contributed by atoms with Gasteiger partial charge in [0.25, 0.3) is 0 Å². The molecule has 0 aliphatic carbocycles. The lowest BCUT2D eigenvalue weighted by Crippen LogP contribution is -2.45. The number of nitrogens with zero attached hydrogens (tertiary/aromatic N) is 1. The van der Waals surface area contributed by atoms with Gasteiger partial charge in [-0.15, -0.1) is 0 Å². The summed E-state index contributed by atoms with van der Waals surface area (Å²) in [5.74, 6) is -0.717. The molecule has 0 unspecified atom stereocenters. The van der Waals surface area contributed by atoms with Crippen LogP contribution >= 0.6 is 0 Å². The minimum Gasteiger partial charge on any atom is -0.368 e. The quantitative estimate of drug-likeness (QED) is 0.676. The number of rotatable bonds is 8. The summed E-state index contributed by atoms with van der Waals surface area (Å²) in [7, 11) is 0. The van der Waals surface area contributed by atoms with Crippen molar-refractivity contribution in [3.05, 3.63) is 54.1 Å². The number of hydrogen-bond donors (Lipinski definition) is 3. The van der Waals surface area contributed by atoms with Crippen molar-refractivity contribution in [3.8, 4) is 0 Å². The third-order valence-corrected chi connectivity index (χ3v) is 3.37. The van der Waals surface area contributed by atoms with Crippen LogP contribution in [0, 0.1) is 0 Å². The molecule has 0 fully saturated rings. The number of benzene rings is 1. The van der Waals surface area contributed by atoms with E-state index in [9.17, 15) is 9.59 Å². The lowest BCUT2D eigenvalue weighted by Gasteiger charge is -2.14. The second-order valence-electron chi connectivity index (χ2n) is 5.14. The molecule has 4 N–H and O–H groups in total. The van der Waals surface area contributed by atoms with Gasteiger partial charge in [-0.05, 0) is 18.4 Å². The van der Waals surface area contributed by atoms with E-state index in [0.29, 0.717) is 12.8 Å². The first-order chi connectivity index (χ1) is 10.6. The van der Waals surface area contributed by atoms with E-state index in [1.165, 1.54) is 11.9 Å². The molecule has 0 bridgehead atoms. The molecule has 2 rings (SSSR count). The first kappa shape index (κ1) is 15.8. The fourth-order valence-corrected chi connectivity index (χ4v) is 2.20. The van der Waals surface area contributed by atoms with Gasteiger partial charge in [0, 0.05) is 24.7 Å². The van der Waals surface area contributed by atoms with Gasteiger partial charge in [0.2, 0.25) is 11.8 Å². The van der Waals surface area contributed by atoms with E-state index in [0.717, 1.165) is 18.5 Å². The number of nitrogens with two attached hydrogens (primary N) is 1. The van der Waals surface area contributed by atoms with Crippen LogP contribution in [0.25, 0.3) is 0 Å². The molecule has 0 aliphatic rings. The van der Waals surface area contributed by atoms with E-state index >= 15 is 0 Å². The zero-order chi connectivity index (χ0) is 15.8. The maximum Gasteiger partial charge on any atom is 0.240 e. The number of imidazole rings is 1.